The Morgan fingerprint density at radius 1 is 1.00 bits per heavy atom. The molecule has 0 aromatic heterocycles. The number of thioether (sulfide) groups is 1. The first-order valence-corrected chi connectivity index (χ1v) is 9.48. The monoisotopic (exact) mass is 376 g/mol. The fraction of sp³-hybridized carbons (Fsp3) is 0.0909. The van der Waals surface area contributed by atoms with Crippen molar-refractivity contribution in [2.24, 2.45) is 5.10 Å². The second-order valence-corrected chi connectivity index (χ2v) is 6.79. The number of carbonyl (C=O) groups excluding carboxylic acids is 1. The molecule has 0 spiro atoms. The van der Waals surface area contributed by atoms with Crippen LogP contribution in [0.2, 0.25) is 0 Å². The number of hydrogen-bond donors (Lipinski definition) is 1. The number of nitrogens with one attached hydrogen (secondary N) is 1. The normalized spacial score (nSPS) is 10.7. The summed E-state index contributed by atoms with van der Waals surface area (Å²) in [6, 6.07) is 25.3. The van der Waals surface area contributed by atoms with Gasteiger partial charge >= 0.3 is 0 Å². The number of rotatable bonds is 7. The van der Waals surface area contributed by atoms with Crippen LogP contribution in [0.1, 0.15) is 21.5 Å². The Kier molecular flexibility index (Phi) is 6.66. The quantitative estimate of drug-likeness (QED) is 0.368. The van der Waals surface area contributed by atoms with Gasteiger partial charge in [0.25, 0.3) is 5.91 Å². The number of para-hydroxylation sites is 1. The molecule has 0 radical (unpaired) electrons. The topological polar surface area (TPSA) is 50.7 Å². The van der Waals surface area contributed by atoms with Gasteiger partial charge in [0, 0.05) is 21.8 Å². The van der Waals surface area contributed by atoms with E-state index in [1.54, 1.807) is 25.1 Å². The second-order valence-electron chi connectivity index (χ2n) is 5.74. The van der Waals surface area contributed by atoms with Gasteiger partial charge in [-0.25, -0.2) is 5.43 Å². The number of benzene rings is 3. The fourth-order valence-electron chi connectivity index (χ4n) is 2.43. The summed E-state index contributed by atoms with van der Waals surface area (Å²) >= 11 is 1.77. The van der Waals surface area contributed by atoms with E-state index in [0.717, 1.165) is 16.9 Å². The van der Waals surface area contributed by atoms with E-state index in [1.165, 1.54) is 4.90 Å². The van der Waals surface area contributed by atoms with Gasteiger partial charge in [-0.3, -0.25) is 4.79 Å². The molecule has 0 saturated carbocycles. The number of hydrogen-bond acceptors (Lipinski definition) is 4. The van der Waals surface area contributed by atoms with Crippen molar-refractivity contribution in [3.05, 3.63) is 95.6 Å². The van der Waals surface area contributed by atoms with Gasteiger partial charge in [0.15, 0.2) is 0 Å². The van der Waals surface area contributed by atoms with E-state index in [2.05, 4.69) is 22.7 Å². The SMILES string of the molecule is COc1ccccc1C=NNC(=O)c1ccc(CSc2ccccc2)cc1. The maximum atomic E-state index is 12.2. The molecule has 136 valence electrons. The summed E-state index contributed by atoms with van der Waals surface area (Å²) in [6.07, 6.45) is 1.57. The first kappa shape index (κ1) is 18.7. The van der Waals surface area contributed by atoms with Crippen molar-refractivity contribution in [1.82, 2.24) is 5.43 Å². The van der Waals surface area contributed by atoms with Crippen LogP contribution in [0, 0.1) is 0 Å². The number of nitrogens with zero attached hydrogens (tertiary/aromatic N) is 1. The zero-order valence-corrected chi connectivity index (χ0v) is 15.8. The highest BCUT2D eigenvalue weighted by Gasteiger charge is 2.05. The van der Waals surface area contributed by atoms with Crippen molar-refractivity contribution in [3.8, 4) is 5.75 Å². The highest BCUT2D eigenvalue weighted by atomic mass is 32.2. The summed E-state index contributed by atoms with van der Waals surface area (Å²) < 4.78 is 5.25. The van der Waals surface area contributed by atoms with Crippen LogP contribution in [-0.2, 0) is 5.75 Å². The van der Waals surface area contributed by atoms with Gasteiger partial charge < -0.3 is 4.74 Å². The Balaban J connectivity index is 1.55. The molecule has 5 heteroatoms. The first-order chi connectivity index (χ1) is 13.3. The third-order valence-corrected chi connectivity index (χ3v) is 4.96. The molecule has 0 atom stereocenters. The summed E-state index contributed by atoms with van der Waals surface area (Å²) in [4.78, 5) is 13.4. The predicted molar refractivity (Wildman–Crippen MR) is 110 cm³/mol. The minimum Gasteiger partial charge on any atom is -0.496 e. The largest absolute Gasteiger partial charge is 0.496 e. The molecule has 27 heavy (non-hydrogen) atoms. The fourth-order valence-corrected chi connectivity index (χ4v) is 3.31. The molecule has 1 amide bonds. The molecule has 0 heterocycles. The number of ether oxygens (including phenoxy) is 1. The molecule has 0 saturated heterocycles. The van der Waals surface area contributed by atoms with E-state index in [4.69, 9.17) is 4.74 Å². The van der Waals surface area contributed by atoms with Crippen molar-refractivity contribution < 1.29 is 9.53 Å². The van der Waals surface area contributed by atoms with E-state index < -0.39 is 0 Å². The maximum absolute atomic E-state index is 12.2. The van der Waals surface area contributed by atoms with Gasteiger partial charge in [0.05, 0.1) is 13.3 Å². The molecule has 3 rings (SSSR count). The van der Waals surface area contributed by atoms with Gasteiger partial charge in [-0.05, 0) is 42.0 Å². The Labute approximate surface area is 163 Å². The molecular weight excluding hydrogens is 356 g/mol. The number of amides is 1. The molecule has 0 fully saturated rings. The van der Waals surface area contributed by atoms with E-state index in [9.17, 15) is 4.79 Å². The van der Waals surface area contributed by atoms with Crippen LogP contribution in [-0.4, -0.2) is 19.2 Å². The zero-order chi connectivity index (χ0) is 18.9. The second kappa shape index (κ2) is 9.59. The van der Waals surface area contributed by atoms with Crippen LogP contribution >= 0.6 is 11.8 Å². The third-order valence-electron chi connectivity index (χ3n) is 3.87. The Bertz CT molecular complexity index is 909. The molecule has 0 aliphatic rings. The average molecular weight is 376 g/mol. The van der Waals surface area contributed by atoms with Crippen molar-refractivity contribution >= 4 is 23.9 Å². The molecule has 3 aromatic rings. The van der Waals surface area contributed by atoms with Crippen molar-refractivity contribution in [1.29, 1.82) is 0 Å². The van der Waals surface area contributed by atoms with E-state index >= 15 is 0 Å². The first-order valence-electron chi connectivity index (χ1n) is 8.49. The summed E-state index contributed by atoms with van der Waals surface area (Å²) in [5.41, 5.74) is 5.08. The summed E-state index contributed by atoms with van der Waals surface area (Å²) in [5, 5.41) is 4.02. The highest BCUT2D eigenvalue weighted by Crippen LogP contribution is 2.22. The molecule has 4 nitrogen and oxygen atoms in total. The lowest BCUT2D eigenvalue weighted by Crippen LogP contribution is -2.17. The van der Waals surface area contributed by atoms with Gasteiger partial charge in [-0.2, -0.15) is 5.10 Å². The Hall–Kier alpha value is -3.05. The number of hydrazone groups is 1. The predicted octanol–water partition coefficient (Wildman–Crippen LogP) is 4.75. The molecule has 0 bridgehead atoms. The van der Waals surface area contributed by atoms with Crippen LogP contribution in [0.5, 0.6) is 5.75 Å². The van der Waals surface area contributed by atoms with Gasteiger partial charge in [-0.15, -0.1) is 11.8 Å². The molecule has 1 N–H and O–H groups in total. The van der Waals surface area contributed by atoms with Crippen molar-refractivity contribution in [3.63, 3.8) is 0 Å². The standard InChI is InChI=1S/C22H20N2O2S/c1-26-21-10-6-5-7-19(21)15-23-24-22(25)18-13-11-17(12-14-18)16-27-20-8-3-2-4-9-20/h2-15H,16H2,1H3,(H,24,25). The summed E-state index contributed by atoms with van der Waals surface area (Å²) in [5.74, 6) is 1.32. The lowest BCUT2D eigenvalue weighted by molar-refractivity contribution is 0.0955. The smallest absolute Gasteiger partial charge is 0.271 e. The molecule has 0 unspecified atom stereocenters. The summed E-state index contributed by atoms with van der Waals surface area (Å²) in [7, 11) is 1.60. The van der Waals surface area contributed by atoms with E-state index in [1.807, 2.05) is 66.7 Å². The lowest BCUT2D eigenvalue weighted by atomic mass is 10.1. The average Bonchev–Trinajstić information content (AvgIpc) is 2.73. The highest BCUT2D eigenvalue weighted by molar-refractivity contribution is 7.98. The molecule has 0 aliphatic carbocycles. The van der Waals surface area contributed by atoms with Gasteiger partial charge in [-0.1, -0.05) is 42.5 Å². The lowest BCUT2D eigenvalue weighted by Gasteiger charge is -2.05. The third kappa shape index (κ3) is 5.46. The molecular formula is C22H20N2O2S. The van der Waals surface area contributed by atoms with Crippen LogP contribution < -0.4 is 10.2 Å². The van der Waals surface area contributed by atoms with Crippen LogP contribution in [0.4, 0.5) is 0 Å². The van der Waals surface area contributed by atoms with E-state index in [0.29, 0.717) is 11.3 Å². The molecule has 0 aliphatic heterocycles. The Morgan fingerprint density at radius 3 is 2.44 bits per heavy atom. The van der Waals surface area contributed by atoms with E-state index in [-0.39, 0.29) is 5.91 Å². The molecule has 3 aromatic carbocycles. The summed E-state index contributed by atoms with van der Waals surface area (Å²) in [6.45, 7) is 0. The maximum Gasteiger partial charge on any atom is 0.271 e. The minimum absolute atomic E-state index is 0.247. The minimum atomic E-state index is -0.247. The van der Waals surface area contributed by atoms with Gasteiger partial charge in [0.1, 0.15) is 5.75 Å². The Morgan fingerprint density at radius 2 is 1.70 bits per heavy atom. The van der Waals surface area contributed by atoms with Crippen LogP contribution in [0.25, 0.3) is 0 Å². The van der Waals surface area contributed by atoms with Crippen LogP contribution in [0.3, 0.4) is 0 Å². The number of methoxy groups -OCH3 is 1. The number of carbonyl (C=O) groups is 1. The zero-order valence-electron chi connectivity index (χ0n) is 15.0. The van der Waals surface area contributed by atoms with Crippen LogP contribution in [0.15, 0.2) is 88.9 Å². The van der Waals surface area contributed by atoms with Crippen molar-refractivity contribution in [2.75, 3.05) is 7.11 Å². The van der Waals surface area contributed by atoms with Crippen molar-refractivity contribution in [2.45, 2.75) is 10.6 Å². The van der Waals surface area contributed by atoms with Gasteiger partial charge in [0.2, 0.25) is 0 Å².